The van der Waals surface area contributed by atoms with Crippen molar-refractivity contribution in [2.75, 3.05) is 0 Å². The molecule has 0 fully saturated rings. The molecule has 6 aromatic carbocycles. The molecule has 242 valence electrons. The lowest BCUT2D eigenvalue weighted by molar-refractivity contribution is 0.426. The number of hydrogen-bond donors (Lipinski definition) is 2. The lowest BCUT2D eigenvalue weighted by Crippen LogP contribution is -2.29. The topological polar surface area (TPSA) is 102 Å². The van der Waals surface area contributed by atoms with Crippen molar-refractivity contribution in [2.24, 2.45) is 0 Å². The molecular weight excluding hydrogens is 687 g/mol. The Kier molecular flexibility index (Phi) is 9.84. The van der Waals surface area contributed by atoms with Crippen LogP contribution in [0.15, 0.2) is 174 Å². The van der Waals surface area contributed by atoms with E-state index in [1.807, 2.05) is 150 Å². The van der Waals surface area contributed by atoms with E-state index >= 15 is 0 Å². The van der Waals surface area contributed by atoms with E-state index in [4.69, 9.17) is 0 Å². The molecule has 8 aromatic rings. The fourth-order valence-electron chi connectivity index (χ4n) is 5.54. The van der Waals surface area contributed by atoms with Gasteiger partial charge in [-0.3, -0.25) is 9.13 Å². The third-order valence-electron chi connectivity index (χ3n) is 7.99. The molecule has 2 N–H and O–H groups in total. The van der Waals surface area contributed by atoms with E-state index < -0.39 is 7.12 Å². The number of nitrogens with zero attached hydrogens (tertiary/aromatic N) is 6. The molecule has 0 saturated heterocycles. The summed E-state index contributed by atoms with van der Waals surface area (Å²) >= 11 is 3.50. The second kappa shape index (κ2) is 15.1. The van der Waals surface area contributed by atoms with Crippen LogP contribution >= 0.6 is 15.9 Å². The minimum Gasteiger partial charge on any atom is -0.423 e. The Hall–Kier alpha value is -5.94. The molecule has 2 heterocycles. The molecule has 0 spiro atoms. The Labute approximate surface area is 298 Å². The molecule has 0 aliphatic heterocycles. The van der Waals surface area contributed by atoms with Crippen LogP contribution in [0.25, 0.3) is 56.9 Å². The van der Waals surface area contributed by atoms with Crippen molar-refractivity contribution in [3.05, 3.63) is 174 Å². The van der Waals surface area contributed by atoms with E-state index in [1.165, 1.54) is 0 Å². The van der Waals surface area contributed by atoms with Crippen LogP contribution in [0.1, 0.15) is 0 Å². The molecule has 0 bridgehead atoms. The van der Waals surface area contributed by atoms with Gasteiger partial charge in [-0.2, -0.15) is 0 Å². The lowest BCUT2D eigenvalue weighted by Gasteiger charge is -2.11. The fraction of sp³-hybridized carbons (Fsp3) is 0. The van der Waals surface area contributed by atoms with Crippen molar-refractivity contribution in [2.45, 2.75) is 0 Å². The average molecular weight is 717 g/mol. The summed E-state index contributed by atoms with van der Waals surface area (Å²) in [5.74, 6) is 3.11. The van der Waals surface area contributed by atoms with E-state index in [0.717, 1.165) is 61.4 Å². The van der Waals surface area contributed by atoms with Crippen LogP contribution in [0.2, 0.25) is 0 Å². The molecule has 0 aliphatic carbocycles. The second-order valence-corrected chi connectivity index (χ2v) is 12.2. The summed E-state index contributed by atoms with van der Waals surface area (Å²) in [5, 5.41) is 36.4. The van der Waals surface area contributed by atoms with E-state index in [1.54, 1.807) is 12.1 Å². The summed E-state index contributed by atoms with van der Waals surface area (Å²) in [5.41, 5.74) is 6.29. The van der Waals surface area contributed by atoms with Gasteiger partial charge >= 0.3 is 7.12 Å². The molecule has 0 radical (unpaired) electrons. The van der Waals surface area contributed by atoms with Crippen LogP contribution in [0.3, 0.4) is 0 Å². The Morgan fingerprint density at radius 1 is 0.380 bits per heavy atom. The molecule has 0 aliphatic rings. The SMILES string of the molecule is Brc1ccc(-n2c(-c3ccccc3)nnc2-c2ccccc2)cc1.OB(O)c1ccc(-n2c(-c3ccccc3)nnc2-c2ccccc2)cc1. The zero-order chi connectivity index (χ0) is 34.3. The van der Waals surface area contributed by atoms with Crippen molar-refractivity contribution in [3.63, 3.8) is 0 Å². The van der Waals surface area contributed by atoms with Crippen LogP contribution in [-0.4, -0.2) is 46.7 Å². The summed E-state index contributed by atoms with van der Waals surface area (Å²) in [6.45, 7) is 0. The highest BCUT2D eigenvalue weighted by molar-refractivity contribution is 9.10. The number of aromatic nitrogens is 6. The zero-order valence-corrected chi connectivity index (χ0v) is 28.3. The number of benzene rings is 6. The maximum Gasteiger partial charge on any atom is 0.488 e. The average Bonchev–Trinajstić information content (AvgIpc) is 3.83. The van der Waals surface area contributed by atoms with Crippen molar-refractivity contribution in [3.8, 4) is 56.9 Å². The molecule has 0 saturated carbocycles. The van der Waals surface area contributed by atoms with E-state index in [0.29, 0.717) is 5.46 Å². The summed E-state index contributed by atoms with van der Waals surface area (Å²) in [7, 11) is -1.49. The predicted octanol–water partition coefficient (Wildman–Crippen LogP) is 7.64. The largest absolute Gasteiger partial charge is 0.488 e. The Balaban J connectivity index is 0.000000157. The quantitative estimate of drug-likeness (QED) is 0.164. The molecule has 8 nitrogen and oxygen atoms in total. The predicted molar refractivity (Wildman–Crippen MR) is 202 cm³/mol. The Morgan fingerprint density at radius 2 is 0.660 bits per heavy atom. The number of rotatable bonds is 7. The second-order valence-electron chi connectivity index (χ2n) is 11.3. The van der Waals surface area contributed by atoms with Gasteiger partial charge in [0.05, 0.1) is 0 Å². The first-order chi connectivity index (χ1) is 24.6. The highest BCUT2D eigenvalue weighted by Gasteiger charge is 2.19. The van der Waals surface area contributed by atoms with E-state index in [-0.39, 0.29) is 0 Å². The van der Waals surface area contributed by atoms with Crippen molar-refractivity contribution in [1.82, 2.24) is 29.5 Å². The van der Waals surface area contributed by atoms with Gasteiger partial charge in [0, 0.05) is 38.1 Å². The highest BCUT2D eigenvalue weighted by atomic mass is 79.9. The van der Waals surface area contributed by atoms with Gasteiger partial charge in [-0.1, -0.05) is 149 Å². The summed E-state index contributed by atoms with van der Waals surface area (Å²) in [6.07, 6.45) is 0. The first-order valence-electron chi connectivity index (χ1n) is 15.9. The molecule has 0 atom stereocenters. The Bertz CT molecular complexity index is 2170. The van der Waals surface area contributed by atoms with Gasteiger partial charge in [-0.15, -0.1) is 20.4 Å². The van der Waals surface area contributed by atoms with Gasteiger partial charge in [0.25, 0.3) is 0 Å². The minimum atomic E-state index is -1.49. The highest BCUT2D eigenvalue weighted by Crippen LogP contribution is 2.30. The van der Waals surface area contributed by atoms with E-state index in [9.17, 15) is 10.0 Å². The smallest absolute Gasteiger partial charge is 0.423 e. The number of hydrogen-bond acceptors (Lipinski definition) is 6. The maximum absolute atomic E-state index is 9.33. The van der Waals surface area contributed by atoms with Gasteiger partial charge in [0.1, 0.15) is 0 Å². The molecule has 0 unspecified atom stereocenters. The van der Waals surface area contributed by atoms with Gasteiger partial charge in [0.15, 0.2) is 23.3 Å². The van der Waals surface area contributed by atoms with Crippen LogP contribution in [0.5, 0.6) is 0 Å². The normalized spacial score (nSPS) is 10.7. The van der Waals surface area contributed by atoms with Crippen LogP contribution in [0, 0.1) is 0 Å². The summed E-state index contributed by atoms with van der Waals surface area (Å²) in [4.78, 5) is 0. The molecule has 50 heavy (non-hydrogen) atoms. The standard InChI is InChI=1S/C20H16BN3O2.C20H14BrN3/c25-21(26)17-11-13-18(14-12-17)24-19(15-7-3-1-4-8-15)22-23-20(24)16-9-5-2-6-10-16;21-17-11-13-18(14-12-17)24-19(15-7-3-1-4-8-15)22-23-20(24)16-9-5-2-6-10-16/h1-14,25-26H;1-14H. The summed E-state index contributed by atoms with van der Waals surface area (Å²) in [6, 6.07) is 55.2. The van der Waals surface area contributed by atoms with Gasteiger partial charge in [0.2, 0.25) is 0 Å². The number of halogens is 1. The molecular formula is C40H30BBrN6O2. The molecule has 0 amide bonds. The fourth-order valence-corrected chi connectivity index (χ4v) is 5.80. The van der Waals surface area contributed by atoms with Crippen LogP contribution < -0.4 is 5.46 Å². The van der Waals surface area contributed by atoms with Gasteiger partial charge in [-0.05, 0) is 41.9 Å². The monoisotopic (exact) mass is 716 g/mol. The van der Waals surface area contributed by atoms with Crippen molar-refractivity contribution >= 4 is 28.5 Å². The third-order valence-corrected chi connectivity index (χ3v) is 8.52. The molecule has 10 heteroatoms. The minimum absolute atomic E-state index is 0.435. The van der Waals surface area contributed by atoms with Crippen molar-refractivity contribution < 1.29 is 10.0 Å². The maximum atomic E-state index is 9.33. The third kappa shape index (κ3) is 7.08. The molecule has 2 aromatic heterocycles. The first-order valence-corrected chi connectivity index (χ1v) is 16.7. The van der Waals surface area contributed by atoms with Gasteiger partial charge in [-0.25, -0.2) is 0 Å². The summed E-state index contributed by atoms with van der Waals surface area (Å²) < 4.78 is 5.11. The Morgan fingerprint density at radius 3 is 0.940 bits per heavy atom. The van der Waals surface area contributed by atoms with E-state index in [2.05, 4.69) is 53.0 Å². The lowest BCUT2D eigenvalue weighted by atomic mass is 9.80. The van der Waals surface area contributed by atoms with Crippen LogP contribution in [-0.2, 0) is 0 Å². The molecule has 8 rings (SSSR count). The van der Waals surface area contributed by atoms with Crippen molar-refractivity contribution in [1.29, 1.82) is 0 Å². The first kappa shape index (κ1) is 32.6. The van der Waals surface area contributed by atoms with Gasteiger partial charge < -0.3 is 10.0 Å². The van der Waals surface area contributed by atoms with Crippen LogP contribution in [0.4, 0.5) is 0 Å². The zero-order valence-electron chi connectivity index (χ0n) is 26.7.